The quantitative estimate of drug-likeness (QED) is 0.164. The van der Waals surface area contributed by atoms with E-state index in [2.05, 4.69) is 178 Å². The first-order valence-electron chi connectivity index (χ1n) is 18.1. The van der Waals surface area contributed by atoms with Crippen LogP contribution in [-0.4, -0.2) is 6.85 Å². The lowest BCUT2D eigenvalue weighted by Crippen LogP contribution is -2.62. The van der Waals surface area contributed by atoms with E-state index in [1.165, 1.54) is 77.7 Å². The zero-order chi connectivity index (χ0) is 34.4. The lowest BCUT2D eigenvalue weighted by atomic mass is 9.42. The number of ether oxygens (including phenoxy) is 1. The lowest BCUT2D eigenvalue weighted by Gasteiger charge is -2.49. The van der Waals surface area contributed by atoms with Crippen LogP contribution in [0.2, 0.25) is 0 Å². The maximum atomic E-state index is 6.70. The van der Waals surface area contributed by atoms with Crippen molar-refractivity contribution in [1.29, 1.82) is 0 Å². The molecule has 0 N–H and O–H groups in total. The topological polar surface area (TPSA) is 15.7 Å². The van der Waals surface area contributed by atoms with E-state index in [-0.39, 0.29) is 17.7 Å². The summed E-state index contributed by atoms with van der Waals surface area (Å²) in [7, 11) is 0. The van der Waals surface area contributed by atoms with Gasteiger partial charge in [0.1, 0.15) is 0 Å². The Morgan fingerprint density at radius 2 is 1.20 bits per heavy atom. The average Bonchev–Trinajstić information content (AvgIpc) is 3.15. The lowest BCUT2D eigenvalue weighted by molar-refractivity contribution is 0.477. The Morgan fingerprint density at radius 3 is 1.98 bits per heavy atom. The standard InChI is InChI=1S/C47H37BN2O/c1-28-15-6-11-21-37(28)50-39-27-35-34(46(2,3)32-18-9-10-19-33(32)47(35,4)5)26-31(39)43-30-17-8-7-16-29(30)25-40-44(43)48(50)36-20-14-24-42-45(36)49(40)38-22-12-13-23-41(38)51-42/h6-27H,1-5H3. The van der Waals surface area contributed by atoms with Crippen molar-refractivity contribution in [2.24, 2.45) is 0 Å². The van der Waals surface area contributed by atoms with Crippen LogP contribution in [0.4, 0.5) is 28.4 Å². The van der Waals surface area contributed by atoms with Crippen molar-refractivity contribution in [3.8, 4) is 22.6 Å². The molecule has 7 aromatic carbocycles. The summed E-state index contributed by atoms with van der Waals surface area (Å²) in [6.07, 6.45) is 0. The van der Waals surface area contributed by atoms with Crippen molar-refractivity contribution in [3.05, 3.63) is 161 Å². The molecule has 0 unspecified atom stereocenters. The molecule has 3 heterocycles. The van der Waals surface area contributed by atoms with Gasteiger partial charge in [-0.1, -0.05) is 119 Å². The van der Waals surface area contributed by atoms with Crippen molar-refractivity contribution >= 4 is 57.0 Å². The SMILES string of the molecule is Cc1ccccc1N1B2c3cccc4c3N(c3ccccc3O4)c3cc4ccccc4c(c32)-c2cc3c(cc21)C(C)(C)c1ccccc1C3(C)C. The fraction of sp³-hybridized carbons (Fsp3) is 0.149. The van der Waals surface area contributed by atoms with Crippen LogP contribution in [0.15, 0.2) is 133 Å². The number of hydrogen-bond acceptors (Lipinski definition) is 3. The van der Waals surface area contributed by atoms with E-state index in [1.807, 2.05) is 0 Å². The third-order valence-electron chi connectivity index (χ3n) is 12.4. The van der Waals surface area contributed by atoms with Gasteiger partial charge in [0.2, 0.25) is 0 Å². The molecule has 0 amide bonds. The van der Waals surface area contributed by atoms with Crippen LogP contribution in [0.5, 0.6) is 11.5 Å². The second-order valence-electron chi connectivity index (χ2n) is 15.8. The smallest absolute Gasteiger partial charge is 0.333 e. The van der Waals surface area contributed by atoms with Crippen LogP contribution in [0.1, 0.15) is 55.5 Å². The molecule has 0 fully saturated rings. The van der Waals surface area contributed by atoms with Gasteiger partial charge in [-0.3, -0.25) is 0 Å². The molecule has 1 aliphatic carbocycles. The molecule has 0 spiro atoms. The van der Waals surface area contributed by atoms with Crippen LogP contribution in [0, 0.1) is 6.92 Å². The highest BCUT2D eigenvalue weighted by molar-refractivity contribution is 6.94. The Balaban J connectivity index is 1.33. The summed E-state index contributed by atoms with van der Waals surface area (Å²) >= 11 is 0. The van der Waals surface area contributed by atoms with Gasteiger partial charge in [0, 0.05) is 33.5 Å². The first-order valence-corrected chi connectivity index (χ1v) is 18.1. The Kier molecular flexibility index (Phi) is 5.54. The molecule has 0 atom stereocenters. The van der Waals surface area contributed by atoms with E-state index in [0.717, 1.165) is 22.9 Å². The van der Waals surface area contributed by atoms with E-state index in [9.17, 15) is 0 Å². The van der Waals surface area contributed by atoms with Gasteiger partial charge >= 0.3 is 6.85 Å². The minimum atomic E-state index is -0.176. The number of hydrogen-bond donors (Lipinski definition) is 0. The molecule has 4 heteroatoms. The number of para-hydroxylation sites is 4. The third kappa shape index (κ3) is 3.60. The number of aryl methyl sites for hydroxylation is 1. The molecule has 0 saturated carbocycles. The van der Waals surface area contributed by atoms with Crippen molar-refractivity contribution in [1.82, 2.24) is 0 Å². The zero-order valence-corrected chi connectivity index (χ0v) is 29.6. The highest BCUT2D eigenvalue weighted by atomic mass is 16.5. The second-order valence-corrected chi connectivity index (χ2v) is 15.8. The van der Waals surface area contributed by atoms with Crippen LogP contribution < -0.4 is 25.4 Å². The van der Waals surface area contributed by atoms with Gasteiger partial charge in [0.25, 0.3) is 0 Å². The number of nitrogens with zero attached hydrogens (tertiary/aromatic N) is 2. The van der Waals surface area contributed by atoms with Crippen LogP contribution in [-0.2, 0) is 10.8 Å². The normalized spacial score (nSPS) is 16.3. The number of anilines is 5. The molecule has 11 rings (SSSR count). The van der Waals surface area contributed by atoms with E-state index in [4.69, 9.17) is 4.74 Å². The summed E-state index contributed by atoms with van der Waals surface area (Å²) in [5.74, 6) is 1.78. The van der Waals surface area contributed by atoms with Gasteiger partial charge in [-0.15, -0.1) is 0 Å². The third-order valence-corrected chi connectivity index (χ3v) is 12.4. The highest BCUT2D eigenvalue weighted by Crippen LogP contribution is 2.58. The van der Waals surface area contributed by atoms with Gasteiger partial charge in [0.05, 0.1) is 11.4 Å². The second kappa shape index (κ2) is 9.73. The summed E-state index contributed by atoms with van der Waals surface area (Å²) in [6.45, 7) is 11.8. The molecule has 4 aliphatic rings. The predicted octanol–water partition coefficient (Wildman–Crippen LogP) is 10.9. The first-order chi connectivity index (χ1) is 24.7. The maximum Gasteiger partial charge on any atom is 0.333 e. The Bertz CT molecular complexity index is 2670. The molecule has 0 radical (unpaired) electrons. The Labute approximate surface area is 299 Å². The Hall–Kier alpha value is -5.74. The molecule has 3 nitrogen and oxygen atoms in total. The molecule has 51 heavy (non-hydrogen) atoms. The average molecular weight is 657 g/mol. The molecule has 3 aliphatic heterocycles. The van der Waals surface area contributed by atoms with E-state index < -0.39 is 0 Å². The molecular weight excluding hydrogens is 619 g/mol. The minimum Gasteiger partial charge on any atom is -0.453 e. The molecule has 244 valence electrons. The number of rotatable bonds is 1. The van der Waals surface area contributed by atoms with Crippen LogP contribution in [0.25, 0.3) is 21.9 Å². The molecule has 0 aromatic heterocycles. The fourth-order valence-electron chi connectivity index (χ4n) is 9.95. The summed E-state index contributed by atoms with van der Waals surface area (Å²) < 4.78 is 6.70. The van der Waals surface area contributed by atoms with Gasteiger partial charge in [-0.2, -0.15) is 0 Å². The number of fused-ring (bicyclic) bond motifs is 10. The van der Waals surface area contributed by atoms with Gasteiger partial charge < -0.3 is 14.4 Å². The van der Waals surface area contributed by atoms with Crippen molar-refractivity contribution in [2.45, 2.75) is 45.4 Å². The molecule has 0 saturated heterocycles. The van der Waals surface area contributed by atoms with Gasteiger partial charge in [-0.05, 0) is 104 Å². The maximum absolute atomic E-state index is 6.70. The zero-order valence-electron chi connectivity index (χ0n) is 29.6. The monoisotopic (exact) mass is 656 g/mol. The summed E-state index contributed by atoms with van der Waals surface area (Å²) in [5.41, 5.74) is 17.7. The molecule has 7 aromatic rings. The van der Waals surface area contributed by atoms with Crippen molar-refractivity contribution in [2.75, 3.05) is 9.71 Å². The fourth-order valence-corrected chi connectivity index (χ4v) is 9.95. The molecule has 0 bridgehead atoms. The minimum absolute atomic E-state index is 0.0710. The van der Waals surface area contributed by atoms with E-state index in [0.29, 0.717) is 0 Å². The van der Waals surface area contributed by atoms with E-state index in [1.54, 1.807) is 0 Å². The number of benzene rings is 7. The largest absolute Gasteiger partial charge is 0.453 e. The highest BCUT2D eigenvalue weighted by Gasteiger charge is 2.50. The Morgan fingerprint density at radius 1 is 0.549 bits per heavy atom. The summed E-state index contributed by atoms with van der Waals surface area (Å²) in [4.78, 5) is 5.14. The van der Waals surface area contributed by atoms with Crippen molar-refractivity contribution in [3.63, 3.8) is 0 Å². The van der Waals surface area contributed by atoms with Gasteiger partial charge in [0.15, 0.2) is 11.5 Å². The van der Waals surface area contributed by atoms with E-state index >= 15 is 0 Å². The predicted molar refractivity (Wildman–Crippen MR) is 213 cm³/mol. The van der Waals surface area contributed by atoms with Crippen molar-refractivity contribution < 1.29 is 4.74 Å². The summed E-state index contributed by atoms with van der Waals surface area (Å²) in [6, 6.07) is 49.7. The first kappa shape index (κ1) is 29.0. The van der Waals surface area contributed by atoms with Gasteiger partial charge in [-0.25, -0.2) is 0 Å². The van der Waals surface area contributed by atoms with Crippen LogP contribution in [0.3, 0.4) is 0 Å². The molecular formula is C47H37BN2O. The van der Waals surface area contributed by atoms with Crippen LogP contribution >= 0.6 is 0 Å². The summed E-state index contributed by atoms with van der Waals surface area (Å²) in [5, 5.41) is 2.54.